The molecule has 4 nitrogen and oxygen atoms in total. The molecule has 1 aromatic rings. The molecule has 0 aromatic heterocycles. The van der Waals surface area contributed by atoms with E-state index < -0.39 is 0 Å². The van der Waals surface area contributed by atoms with Gasteiger partial charge in [-0.1, -0.05) is 12.1 Å². The van der Waals surface area contributed by atoms with E-state index in [0.717, 1.165) is 25.1 Å². The summed E-state index contributed by atoms with van der Waals surface area (Å²) < 4.78 is 10.1. The van der Waals surface area contributed by atoms with Crippen molar-refractivity contribution in [3.8, 4) is 5.75 Å². The number of ether oxygens (including phenoxy) is 2. The minimum atomic E-state index is -0.265. The first-order valence-corrected chi connectivity index (χ1v) is 6.61. The van der Waals surface area contributed by atoms with Crippen molar-refractivity contribution in [2.45, 2.75) is 25.3 Å². The third-order valence-electron chi connectivity index (χ3n) is 3.33. The molecule has 1 aromatic carbocycles. The molecule has 0 saturated carbocycles. The zero-order valence-corrected chi connectivity index (χ0v) is 12.1. The largest absolute Gasteiger partial charge is 0.497 e. The van der Waals surface area contributed by atoms with Crippen molar-refractivity contribution < 1.29 is 14.6 Å². The lowest BCUT2D eigenvalue weighted by Gasteiger charge is -2.29. The maximum absolute atomic E-state index is 9.52. The third-order valence-corrected chi connectivity index (χ3v) is 3.33. The van der Waals surface area contributed by atoms with Crippen LogP contribution in [0.5, 0.6) is 5.75 Å². The zero-order chi connectivity index (χ0) is 14.1. The van der Waals surface area contributed by atoms with Gasteiger partial charge in [0.25, 0.3) is 0 Å². The number of aryl methyl sites for hydroxylation is 1. The molecule has 108 valence electrons. The molecule has 0 radical (unpaired) electrons. The van der Waals surface area contributed by atoms with Crippen LogP contribution in [0.2, 0.25) is 0 Å². The van der Waals surface area contributed by atoms with Gasteiger partial charge < -0.3 is 19.9 Å². The van der Waals surface area contributed by atoms with Gasteiger partial charge >= 0.3 is 0 Å². The Labute approximate surface area is 115 Å². The Hall–Kier alpha value is -1.10. The van der Waals surface area contributed by atoms with Gasteiger partial charge in [0.1, 0.15) is 5.75 Å². The second kappa shape index (κ2) is 8.15. The number of nitrogens with one attached hydrogen (secondary N) is 1. The Morgan fingerprint density at radius 2 is 1.89 bits per heavy atom. The van der Waals surface area contributed by atoms with Crippen molar-refractivity contribution in [3.05, 3.63) is 29.8 Å². The molecule has 0 aliphatic carbocycles. The number of rotatable bonds is 9. The van der Waals surface area contributed by atoms with E-state index in [2.05, 4.69) is 17.4 Å². The molecular formula is C15H25NO3. The van der Waals surface area contributed by atoms with Gasteiger partial charge in [0.05, 0.1) is 20.3 Å². The molecule has 0 heterocycles. The number of aliphatic hydroxyl groups is 1. The van der Waals surface area contributed by atoms with Crippen molar-refractivity contribution in [3.63, 3.8) is 0 Å². The van der Waals surface area contributed by atoms with Gasteiger partial charge in [-0.3, -0.25) is 0 Å². The number of benzene rings is 1. The molecule has 0 amide bonds. The minimum absolute atomic E-state index is 0.118. The zero-order valence-electron chi connectivity index (χ0n) is 12.1. The van der Waals surface area contributed by atoms with E-state index in [1.807, 2.05) is 19.1 Å². The van der Waals surface area contributed by atoms with Crippen LogP contribution in [0.3, 0.4) is 0 Å². The van der Waals surface area contributed by atoms with Gasteiger partial charge in [0.15, 0.2) is 0 Å². The van der Waals surface area contributed by atoms with Crippen LogP contribution in [0.15, 0.2) is 24.3 Å². The predicted molar refractivity (Wildman–Crippen MR) is 76.7 cm³/mol. The summed E-state index contributed by atoms with van der Waals surface area (Å²) >= 11 is 0. The van der Waals surface area contributed by atoms with E-state index in [0.29, 0.717) is 6.61 Å². The summed E-state index contributed by atoms with van der Waals surface area (Å²) in [7, 11) is 3.34. The van der Waals surface area contributed by atoms with Crippen LogP contribution in [0.4, 0.5) is 0 Å². The molecule has 1 rings (SSSR count). The lowest BCUT2D eigenvalue weighted by Crippen LogP contribution is -2.47. The second-order valence-corrected chi connectivity index (χ2v) is 4.99. The van der Waals surface area contributed by atoms with Gasteiger partial charge in [-0.25, -0.2) is 0 Å². The summed E-state index contributed by atoms with van der Waals surface area (Å²) in [6, 6.07) is 8.05. The fourth-order valence-electron chi connectivity index (χ4n) is 1.89. The molecule has 2 N–H and O–H groups in total. The molecule has 0 spiro atoms. The van der Waals surface area contributed by atoms with Gasteiger partial charge in [-0.05, 0) is 37.5 Å². The molecule has 1 atom stereocenters. The highest BCUT2D eigenvalue weighted by Crippen LogP contribution is 2.16. The van der Waals surface area contributed by atoms with E-state index in [1.54, 1.807) is 14.2 Å². The van der Waals surface area contributed by atoms with E-state index in [1.165, 1.54) is 5.56 Å². The summed E-state index contributed by atoms with van der Waals surface area (Å²) in [5, 5.41) is 12.9. The Morgan fingerprint density at radius 1 is 1.21 bits per heavy atom. The highest BCUT2D eigenvalue weighted by molar-refractivity contribution is 5.27. The fourth-order valence-corrected chi connectivity index (χ4v) is 1.89. The van der Waals surface area contributed by atoms with Crippen LogP contribution in [0.1, 0.15) is 18.9 Å². The van der Waals surface area contributed by atoms with Crippen LogP contribution < -0.4 is 10.1 Å². The predicted octanol–water partition coefficient (Wildman–Crippen LogP) is 1.61. The number of aliphatic hydroxyl groups excluding tert-OH is 1. The molecule has 1 unspecified atom stereocenters. The Bertz CT molecular complexity index is 353. The molecular weight excluding hydrogens is 242 g/mol. The van der Waals surface area contributed by atoms with Crippen LogP contribution >= 0.6 is 0 Å². The highest BCUT2D eigenvalue weighted by Gasteiger charge is 2.21. The number of hydrogen-bond acceptors (Lipinski definition) is 4. The normalized spacial score (nSPS) is 14.1. The molecule has 0 aliphatic rings. The highest BCUT2D eigenvalue weighted by atomic mass is 16.5. The molecule has 0 bridgehead atoms. The fraction of sp³-hybridized carbons (Fsp3) is 0.600. The first-order chi connectivity index (χ1) is 9.13. The summed E-state index contributed by atoms with van der Waals surface area (Å²) in [4.78, 5) is 0. The average Bonchev–Trinajstić information content (AvgIpc) is 2.46. The Kier molecular flexibility index (Phi) is 6.84. The van der Waals surface area contributed by atoms with E-state index in [4.69, 9.17) is 9.47 Å². The van der Waals surface area contributed by atoms with E-state index >= 15 is 0 Å². The average molecular weight is 267 g/mol. The smallest absolute Gasteiger partial charge is 0.118 e. The van der Waals surface area contributed by atoms with Gasteiger partial charge in [-0.15, -0.1) is 0 Å². The monoisotopic (exact) mass is 267 g/mol. The summed E-state index contributed by atoms with van der Waals surface area (Å²) in [5.41, 5.74) is 0.979. The lowest BCUT2D eigenvalue weighted by molar-refractivity contribution is 0.142. The summed E-state index contributed by atoms with van der Waals surface area (Å²) in [6.45, 7) is 3.55. The molecule has 0 fully saturated rings. The Morgan fingerprint density at radius 3 is 2.42 bits per heavy atom. The topological polar surface area (TPSA) is 50.7 Å². The minimum Gasteiger partial charge on any atom is -0.497 e. The first-order valence-electron chi connectivity index (χ1n) is 6.61. The standard InChI is InChI=1S/C15H25NO3/c1-15(12-17,16-10-11-18-2)9-8-13-4-6-14(19-3)7-5-13/h4-7,16-17H,8-12H2,1-3H3. The van der Waals surface area contributed by atoms with Crippen molar-refractivity contribution in [2.24, 2.45) is 0 Å². The van der Waals surface area contributed by atoms with Crippen LogP contribution in [0, 0.1) is 0 Å². The SMILES string of the molecule is COCCNC(C)(CO)CCc1ccc(OC)cc1. The Balaban J connectivity index is 2.46. The molecule has 19 heavy (non-hydrogen) atoms. The summed E-state index contributed by atoms with van der Waals surface area (Å²) in [6.07, 6.45) is 1.79. The number of methoxy groups -OCH3 is 2. The van der Waals surface area contributed by atoms with Crippen molar-refractivity contribution >= 4 is 0 Å². The van der Waals surface area contributed by atoms with Crippen LogP contribution in [-0.4, -0.2) is 44.6 Å². The van der Waals surface area contributed by atoms with E-state index in [-0.39, 0.29) is 12.1 Å². The van der Waals surface area contributed by atoms with Crippen molar-refractivity contribution in [1.29, 1.82) is 0 Å². The summed E-state index contributed by atoms with van der Waals surface area (Å²) in [5.74, 6) is 0.867. The first kappa shape index (κ1) is 16.0. The van der Waals surface area contributed by atoms with Crippen LogP contribution in [-0.2, 0) is 11.2 Å². The number of hydrogen-bond donors (Lipinski definition) is 2. The van der Waals surface area contributed by atoms with Crippen molar-refractivity contribution in [1.82, 2.24) is 5.32 Å². The lowest BCUT2D eigenvalue weighted by atomic mass is 9.94. The van der Waals surface area contributed by atoms with Crippen molar-refractivity contribution in [2.75, 3.05) is 34.0 Å². The van der Waals surface area contributed by atoms with E-state index in [9.17, 15) is 5.11 Å². The van der Waals surface area contributed by atoms with Gasteiger partial charge in [-0.2, -0.15) is 0 Å². The second-order valence-electron chi connectivity index (χ2n) is 4.99. The molecule has 0 aliphatic heterocycles. The maximum Gasteiger partial charge on any atom is 0.118 e. The quantitative estimate of drug-likeness (QED) is 0.668. The van der Waals surface area contributed by atoms with Crippen LogP contribution in [0.25, 0.3) is 0 Å². The third kappa shape index (κ3) is 5.59. The van der Waals surface area contributed by atoms with Gasteiger partial charge in [0, 0.05) is 19.2 Å². The molecule has 0 saturated heterocycles. The van der Waals surface area contributed by atoms with Gasteiger partial charge in [0.2, 0.25) is 0 Å². The molecule has 4 heteroatoms. The maximum atomic E-state index is 9.52.